The van der Waals surface area contributed by atoms with Gasteiger partial charge >= 0.3 is 29.6 Å². The van der Waals surface area contributed by atoms with Crippen LogP contribution in [0.25, 0.3) is 0 Å². The number of rotatable bonds is 2. The van der Waals surface area contributed by atoms with E-state index in [9.17, 15) is 13.0 Å². The fourth-order valence-electron chi connectivity index (χ4n) is 0.825. The van der Waals surface area contributed by atoms with Gasteiger partial charge in [0.1, 0.15) is 10.1 Å². The third-order valence-electron chi connectivity index (χ3n) is 1.44. The van der Waals surface area contributed by atoms with Crippen molar-refractivity contribution in [2.75, 3.05) is 7.11 Å². The minimum absolute atomic E-state index is 0. The second-order valence-electron chi connectivity index (χ2n) is 2.29. The minimum Gasteiger partial charge on any atom is -0.744 e. The molecule has 0 aliphatic carbocycles. The van der Waals surface area contributed by atoms with Crippen LogP contribution in [0.3, 0.4) is 0 Å². The largest absolute Gasteiger partial charge is 1.00 e. The van der Waals surface area contributed by atoms with E-state index >= 15 is 0 Å². The Balaban J connectivity index is 0.00000169. The van der Waals surface area contributed by atoms with Crippen molar-refractivity contribution in [3.63, 3.8) is 0 Å². The summed E-state index contributed by atoms with van der Waals surface area (Å²) in [5.41, 5.74) is 0. The van der Waals surface area contributed by atoms with Crippen molar-refractivity contribution in [1.82, 2.24) is 0 Å². The van der Waals surface area contributed by atoms with Gasteiger partial charge in [0, 0.05) is 6.07 Å². The van der Waals surface area contributed by atoms with Crippen molar-refractivity contribution in [3.8, 4) is 11.5 Å². The SMILES string of the molecule is COc1ccc(S(=O)(=O)[O-])cc1O.[Na+]. The van der Waals surface area contributed by atoms with E-state index in [1.54, 1.807) is 0 Å². The molecule has 0 saturated heterocycles. The number of benzene rings is 1. The second-order valence-corrected chi connectivity index (χ2v) is 3.67. The molecule has 0 bridgehead atoms. The van der Waals surface area contributed by atoms with Gasteiger partial charge in [0.25, 0.3) is 0 Å². The van der Waals surface area contributed by atoms with Crippen LogP contribution in [0.5, 0.6) is 11.5 Å². The first-order chi connectivity index (χ1) is 5.95. The summed E-state index contributed by atoms with van der Waals surface area (Å²) in [4.78, 5) is -0.481. The third-order valence-corrected chi connectivity index (χ3v) is 2.27. The Morgan fingerprint density at radius 2 is 2.00 bits per heavy atom. The molecule has 72 valence electrons. The van der Waals surface area contributed by atoms with Crippen LogP contribution in [0, 0.1) is 0 Å². The van der Waals surface area contributed by atoms with E-state index in [0.29, 0.717) is 0 Å². The summed E-state index contributed by atoms with van der Waals surface area (Å²) in [6.45, 7) is 0. The molecular formula is C7H7NaO5S. The Hall–Kier alpha value is -0.270. The molecule has 0 aliphatic heterocycles. The van der Waals surface area contributed by atoms with Crippen molar-refractivity contribution in [3.05, 3.63) is 18.2 Å². The van der Waals surface area contributed by atoms with Gasteiger partial charge in [0.05, 0.1) is 12.0 Å². The van der Waals surface area contributed by atoms with Crippen LogP contribution >= 0.6 is 0 Å². The molecule has 0 aromatic heterocycles. The number of phenols is 1. The average molecular weight is 226 g/mol. The van der Waals surface area contributed by atoms with Crippen LogP contribution in [-0.4, -0.2) is 25.2 Å². The van der Waals surface area contributed by atoms with Crippen molar-refractivity contribution >= 4 is 10.1 Å². The summed E-state index contributed by atoms with van der Waals surface area (Å²) in [7, 11) is -3.20. The minimum atomic E-state index is -4.52. The van der Waals surface area contributed by atoms with Crippen molar-refractivity contribution in [2.24, 2.45) is 0 Å². The van der Waals surface area contributed by atoms with E-state index < -0.39 is 15.0 Å². The average Bonchev–Trinajstić information content (AvgIpc) is 2.02. The van der Waals surface area contributed by atoms with Gasteiger partial charge in [-0.1, -0.05) is 0 Å². The fraction of sp³-hybridized carbons (Fsp3) is 0.143. The van der Waals surface area contributed by atoms with Crippen LogP contribution in [-0.2, 0) is 10.1 Å². The zero-order valence-electron chi connectivity index (χ0n) is 7.72. The van der Waals surface area contributed by atoms with Gasteiger partial charge in [-0.15, -0.1) is 0 Å². The predicted molar refractivity (Wildman–Crippen MR) is 42.6 cm³/mol. The van der Waals surface area contributed by atoms with Crippen LogP contribution < -0.4 is 34.3 Å². The topological polar surface area (TPSA) is 86.7 Å². The van der Waals surface area contributed by atoms with Crippen LogP contribution in [0.1, 0.15) is 0 Å². The molecule has 7 heteroatoms. The maximum atomic E-state index is 10.5. The van der Waals surface area contributed by atoms with E-state index in [2.05, 4.69) is 4.74 Å². The quantitative estimate of drug-likeness (QED) is 0.438. The van der Waals surface area contributed by atoms with Gasteiger partial charge in [-0.05, 0) is 12.1 Å². The summed E-state index contributed by atoms with van der Waals surface area (Å²) in [6, 6.07) is 3.13. The van der Waals surface area contributed by atoms with Gasteiger partial charge in [0.15, 0.2) is 11.5 Å². The van der Waals surface area contributed by atoms with Crippen molar-refractivity contribution in [1.29, 1.82) is 0 Å². The molecule has 0 atom stereocenters. The van der Waals surface area contributed by atoms with Crippen LogP contribution in [0.15, 0.2) is 23.1 Å². The zero-order valence-corrected chi connectivity index (χ0v) is 10.5. The van der Waals surface area contributed by atoms with Crippen LogP contribution in [0.2, 0.25) is 0 Å². The Morgan fingerprint density at radius 3 is 2.36 bits per heavy atom. The smallest absolute Gasteiger partial charge is 0.744 e. The van der Waals surface area contributed by atoms with Gasteiger partial charge in [-0.3, -0.25) is 0 Å². The van der Waals surface area contributed by atoms with E-state index in [0.717, 1.165) is 12.1 Å². The standard InChI is InChI=1S/C7H8O5S.Na/c1-12-7-3-2-5(4-6(7)8)13(9,10)11;/h2-4,8H,1H3,(H,9,10,11);/q;+1/p-1. The fourth-order valence-corrected chi connectivity index (χ4v) is 1.32. The molecule has 0 aliphatic rings. The Morgan fingerprint density at radius 1 is 1.43 bits per heavy atom. The first-order valence-electron chi connectivity index (χ1n) is 3.28. The molecule has 0 heterocycles. The van der Waals surface area contributed by atoms with E-state index in [4.69, 9.17) is 5.11 Å². The molecule has 1 aromatic carbocycles. The number of phenolic OH excluding ortho intramolecular Hbond substituents is 1. The summed E-state index contributed by atoms with van der Waals surface area (Å²) in [5.74, 6) is -0.258. The molecule has 0 fully saturated rings. The number of methoxy groups -OCH3 is 1. The maximum absolute atomic E-state index is 10.5. The van der Waals surface area contributed by atoms with Gasteiger partial charge in [0.2, 0.25) is 0 Å². The Bertz CT molecular complexity index is 414. The number of hydrogen-bond acceptors (Lipinski definition) is 5. The normalized spacial score (nSPS) is 10.4. The number of aromatic hydroxyl groups is 1. The summed E-state index contributed by atoms with van der Waals surface area (Å²) >= 11 is 0. The monoisotopic (exact) mass is 226 g/mol. The van der Waals surface area contributed by atoms with Crippen molar-refractivity contribution < 1.29 is 52.4 Å². The molecule has 14 heavy (non-hydrogen) atoms. The molecule has 0 spiro atoms. The van der Waals surface area contributed by atoms with Crippen LogP contribution in [0.4, 0.5) is 0 Å². The summed E-state index contributed by atoms with van der Waals surface area (Å²) in [5, 5.41) is 9.13. The molecule has 1 N–H and O–H groups in total. The number of ether oxygens (including phenoxy) is 1. The molecule has 1 aromatic rings. The van der Waals surface area contributed by atoms with E-state index in [1.165, 1.54) is 13.2 Å². The maximum Gasteiger partial charge on any atom is 1.00 e. The Kier molecular flexibility index (Phi) is 4.90. The second kappa shape index (κ2) is 4.99. The van der Waals surface area contributed by atoms with Gasteiger partial charge in [-0.2, -0.15) is 0 Å². The summed E-state index contributed by atoms with van der Waals surface area (Å²) < 4.78 is 36.1. The third kappa shape index (κ3) is 3.14. The summed E-state index contributed by atoms with van der Waals surface area (Å²) in [6.07, 6.45) is 0. The molecule has 0 amide bonds. The molecular weight excluding hydrogens is 219 g/mol. The van der Waals surface area contributed by atoms with Gasteiger partial charge < -0.3 is 14.4 Å². The Labute approximate surface area is 104 Å². The van der Waals surface area contributed by atoms with E-state index in [1.807, 2.05) is 0 Å². The van der Waals surface area contributed by atoms with E-state index in [-0.39, 0.29) is 41.1 Å². The first-order valence-corrected chi connectivity index (χ1v) is 4.69. The first kappa shape index (κ1) is 13.7. The van der Waals surface area contributed by atoms with Gasteiger partial charge in [-0.25, -0.2) is 8.42 Å². The number of hydrogen-bond donors (Lipinski definition) is 1. The molecule has 0 unspecified atom stereocenters. The molecule has 0 radical (unpaired) electrons. The zero-order chi connectivity index (χ0) is 10.1. The predicted octanol–water partition coefficient (Wildman–Crippen LogP) is -2.69. The van der Waals surface area contributed by atoms with Crippen molar-refractivity contribution in [2.45, 2.75) is 4.90 Å². The molecule has 0 saturated carbocycles. The molecule has 1 rings (SSSR count). The molecule has 5 nitrogen and oxygen atoms in total.